The monoisotopic (exact) mass is 198 g/mol. The third-order valence-electron chi connectivity index (χ3n) is 1.60. The summed E-state index contributed by atoms with van der Waals surface area (Å²) < 4.78 is 36.5. The van der Waals surface area contributed by atoms with Crippen LogP contribution < -0.4 is 0 Å². The van der Waals surface area contributed by atoms with Crippen LogP contribution in [0.25, 0.3) is 0 Å². The van der Waals surface area contributed by atoms with Crippen molar-refractivity contribution in [1.82, 2.24) is 0 Å². The molecule has 0 aromatic heterocycles. The first-order chi connectivity index (χ1) is 5.35. The van der Waals surface area contributed by atoms with Gasteiger partial charge in [-0.1, -0.05) is 6.08 Å². The van der Waals surface area contributed by atoms with E-state index < -0.39 is 17.5 Å². The fraction of sp³-hybridized carbons (Fsp3) is 0.429. The first-order valence-corrected chi connectivity index (χ1v) is 3.57. The van der Waals surface area contributed by atoms with E-state index in [0.717, 1.165) is 18.2 Å². The van der Waals surface area contributed by atoms with Gasteiger partial charge in [0, 0.05) is 6.42 Å². The summed E-state index contributed by atoms with van der Waals surface area (Å²) in [6.45, 7) is 0. The van der Waals surface area contributed by atoms with Gasteiger partial charge in [0.2, 0.25) is 0 Å². The van der Waals surface area contributed by atoms with E-state index >= 15 is 0 Å². The van der Waals surface area contributed by atoms with E-state index in [1.165, 1.54) is 0 Å². The number of allylic oxidation sites excluding steroid dienone is 3. The third kappa shape index (κ3) is 1.58. The molecular formula is C7H6ClF3O. The molecule has 0 fully saturated rings. The van der Waals surface area contributed by atoms with Crippen molar-refractivity contribution in [2.24, 2.45) is 0 Å². The molecule has 12 heavy (non-hydrogen) atoms. The van der Waals surface area contributed by atoms with Crippen LogP contribution in [0.2, 0.25) is 0 Å². The van der Waals surface area contributed by atoms with Gasteiger partial charge in [-0.2, -0.15) is 13.2 Å². The van der Waals surface area contributed by atoms with Crippen molar-refractivity contribution in [3.8, 4) is 0 Å². The van der Waals surface area contributed by atoms with E-state index in [-0.39, 0.29) is 5.76 Å². The second kappa shape index (κ2) is 2.69. The average molecular weight is 199 g/mol. The van der Waals surface area contributed by atoms with E-state index in [2.05, 4.69) is 0 Å². The summed E-state index contributed by atoms with van der Waals surface area (Å²) in [5, 5.41) is 8.76. The SMILES string of the molecule is OC1=CCC(Cl)(C(F)(F)F)C=C1. The van der Waals surface area contributed by atoms with Gasteiger partial charge < -0.3 is 5.11 Å². The molecule has 0 aliphatic heterocycles. The molecule has 1 rings (SSSR count). The zero-order chi connectivity index (χ0) is 9.41. The van der Waals surface area contributed by atoms with Gasteiger partial charge in [0.1, 0.15) is 5.76 Å². The van der Waals surface area contributed by atoms with Gasteiger partial charge in [0.15, 0.2) is 4.87 Å². The molecule has 1 atom stereocenters. The highest BCUT2D eigenvalue weighted by Crippen LogP contribution is 2.42. The predicted molar refractivity (Wildman–Crippen MR) is 39.1 cm³/mol. The van der Waals surface area contributed by atoms with Crippen LogP contribution in [0.1, 0.15) is 6.42 Å². The maximum Gasteiger partial charge on any atom is 0.411 e. The maximum atomic E-state index is 12.2. The molecule has 0 spiro atoms. The zero-order valence-electron chi connectivity index (χ0n) is 5.90. The lowest BCUT2D eigenvalue weighted by Gasteiger charge is -2.26. The molecule has 1 aliphatic rings. The van der Waals surface area contributed by atoms with Crippen LogP contribution in [0.3, 0.4) is 0 Å². The standard InChI is InChI=1S/C7H6ClF3O/c8-6(7(9,10)11)3-1-5(12)2-4-6/h1-3,12H,4H2. The molecule has 0 saturated carbocycles. The number of rotatable bonds is 0. The fourth-order valence-corrected chi connectivity index (χ4v) is 0.957. The Labute approximate surface area is 72.1 Å². The topological polar surface area (TPSA) is 20.2 Å². The first kappa shape index (κ1) is 9.45. The molecule has 0 heterocycles. The van der Waals surface area contributed by atoms with Crippen LogP contribution >= 0.6 is 11.6 Å². The summed E-state index contributed by atoms with van der Waals surface area (Å²) in [7, 11) is 0. The Bertz CT molecular complexity index is 244. The lowest BCUT2D eigenvalue weighted by Crippen LogP contribution is -2.38. The second-order valence-corrected chi connectivity index (χ2v) is 3.20. The van der Waals surface area contributed by atoms with Gasteiger partial charge in [-0.25, -0.2) is 0 Å². The molecule has 0 saturated heterocycles. The molecule has 0 aromatic rings. The third-order valence-corrected chi connectivity index (χ3v) is 2.09. The number of aliphatic hydroxyl groups excluding tert-OH is 1. The van der Waals surface area contributed by atoms with E-state index in [1.54, 1.807) is 0 Å². The largest absolute Gasteiger partial charge is 0.508 e. The molecule has 5 heteroatoms. The van der Waals surface area contributed by atoms with Crippen LogP contribution in [0.4, 0.5) is 13.2 Å². The quantitative estimate of drug-likeness (QED) is 0.594. The van der Waals surface area contributed by atoms with Crippen molar-refractivity contribution in [2.45, 2.75) is 17.5 Å². The summed E-state index contributed by atoms with van der Waals surface area (Å²) in [6.07, 6.45) is -2.17. The highest BCUT2D eigenvalue weighted by atomic mass is 35.5. The number of alkyl halides is 4. The zero-order valence-corrected chi connectivity index (χ0v) is 6.65. The van der Waals surface area contributed by atoms with E-state index in [9.17, 15) is 13.2 Å². The molecule has 0 bridgehead atoms. The van der Waals surface area contributed by atoms with Gasteiger partial charge in [-0.15, -0.1) is 11.6 Å². The Balaban J connectivity index is 2.86. The van der Waals surface area contributed by atoms with Gasteiger partial charge >= 0.3 is 6.18 Å². The minimum absolute atomic E-state index is 0.185. The van der Waals surface area contributed by atoms with Crippen LogP contribution in [-0.2, 0) is 0 Å². The maximum absolute atomic E-state index is 12.2. The van der Waals surface area contributed by atoms with Gasteiger partial charge in [-0.05, 0) is 12.2 Å². The summed E-state index contributed by atoms with van der Waals surface area (Å²) in [6, 6.07) is 0. The summed E-state index contributed by atoms with van der Waals surface area (Å²) in [5.74, 6) is -0.185. The molecular weight excluding hydrogens is 193 g/mol. The molecule has 1 N–H and O–H groups in total. The van der Waals surface area contributed by atoms with Crippen molar-refractivity contribution in [2.75, 3.05) is 0 Å². The summed E-state index contributed by atoms with van der Waals surface area (Å²) >= 11 is 5.25. The van der Waals surface area contributed by atoms with Crippen molar-refractivity contribution in [1.29, 1.82) is 0 Å². The molecule has 0 aromatic carbocycles. The van der Waals surface area contributed by atoms with Gasteiger partial charge in [-0.3, -0.25) is 0 Å². The van der Waals surface area contributed by atoms with Crippen molar-refractivity contribution in [3.05, 3.63) is 24.0 Å². The summed E-state index contributed by atoms with van der Waals surface area (Å²) in [4.78, 5) is -2.35. The number of halogens is 4. The number of aliphatic hydroxyl groups is 1. The van der Waals surface area contributed by atoms with E-state index in [1.807, 2.05) is 0 Å². The minimum atomic E-state index is -4.48. The van der Waals surface area contributed by atoms with Crippen LogP contribution in [-0.4, -0.2) is 16.2 Å². The summed E-state index contributed by atoms with van der Waals surface area (Å²) in [5.41, 5.74) is 0. The van der Waals surface area contributed by atoms with Gasteiger partial charge in [0.25, 0.3) is 0 Å². The Morgan fingerprint density at radius 2 is 2.08 bits per heavy atom. The average Bonchev–Trinajstić information content (AvgIpc) is 1.93. The second-order valence-electron chi connectivity index (χ2n) is 2.53. The Hall–Kier alpha value is -0.640. The first-order valence-electron chi connectivity index (χ1n) is 3.19. The Kier molecular flexibility index (Phi) is 2.12. The highest BCUT2D eigenvalue weighted by Gasteiger charge is 2.51. The predicted octanol–water partition coefficient (Wildman–Crippen LogP) is 2.93. The normalized spacial score (nSPS) is 30.2. The van der Waals surface area contributed by atoms with Crippen LogP contribution in [0, 0.1) is 0 Å². The van der Waals surface area contributed by atoms with Crippen LogP contribution in [0.15, 0.2) is 24.0 Å². The Morgan fingerprint density at radius 1 is 1.50 bits per heavy atom. The molecule has 68 valence electrons. The molecule has 1 unspecified atom stereocenters. The molecule has 1 nitrogen and oxygen atoms in total. The number of hydrogen-bond acceptors (Lipinski definition) is 1. The molecule has 0 radical (unpaired) electrons. The molecule has 0 amide bonds. The number of hydrogen-bond donors (Lipinski definition) is 1. The van der Waals surface area contributed by atoms with Crippen LogP contribution in [0.5, 0.6) is 0 Å². The highest BCUT2D eigenvalue weighted by molar-refractivity contribution is 6.26. The van der Waals surface area contributed by atoms with E-state index in [4.69, 9.17) is 16.7 Å². The fourth-order valence-electron chi connectivity index (χ4n) is 0.817. The van der Waals surface area contributed by atoms with Crippen molar-refractivity contribution in [3.63, 3.8) is 0 Å². The molecule has 1 aliphatic carbocycles. The van der Waals surface area contributed by atoms with Crippen molar-refractivity contribution >= 4 is 11.6 Å². The Morgan fingerprint density at radius 3 is 2.42 bits per heavy atom. The lowest BCUT2D eigenvalue weighted by atomic mass is 9.99. The van der Waals surface area contributed by atoms with E-state index in [0.29, 0.717) is 0 Å². The van der Waals surface area contributed by atoms with Gasteiger partial charge in [0.05, 0.1) is 0 Å². The van der Waals surface area contributed by atoms with Crippen molar-refractivity contribution < 1.29 is 18.3 Å². The lowest BCUT2D eigenvalue weighted by molar-refractivity contribution is -0.149. The smallest absolute Gasteiger partial charge is 0.411 e. The minimum Gasteiger partial charge on any atom is -0.508 e.